The molecule has 1 fully saturated rings. The number of fused-ring (bicyclic) bond motifs is 1. The van der Waals surface area contributed by atoms with Gasteiger partial charge in [-0.1, -0.05) is 0 Å². The van der Waals surface area contributed by atoms with Crippen LogP contribution in [0.4, 0.5) is 0 Å². The third-order valence-corrected chi connectivity index (χ3v) is 4.43. The number of amides is 1. The average molecular weight is 347 g/mol. The third kappa shape index (κ3) is 2.80. The highest BCUT2D eigenvalue weighted by Gasteiger charge is 2.26. The topological polar surface area (TPSA) is 84.0 Å². The molecule has 1 amide bonds. The van der Waals surface area contributed by atoms with Gasteiger partial charge in [0.25, 0.3) is 5.91 Å². The average Bonchev–Trinajstić information content (AvgIpc) is 3.07. The Morgan fingerprint density at radius 2 is 2.23 bits per heavy atom. The van der Waals surface area contributed by atoms with Crippen LogP contribution in [0.3, 0.4) is 0 Å². The summed E-state index contributed by atoms with van der Waals surface area (Å²) >= 11 is 0. The first-order valence-corrected chi connectivity index (χ1v) is 8.41. The zero-order valence-corrected chi connectivity index (χ0v) is 14.3. The lowest BCUT2D eigenvalue weighted by atomic mass is 10.2. The quantitative estimate of drug-likeness (QED) is 0.709. The number of carbonyl (C=O) groups excluding carboxylic acids is 1. The zero-order valence-electron chi connectivity index (χ0n) is 14.3. The van der Waals surface area contributed by atoms with Crippen molar-refractivity contribution >= 4 is 16.9 Å². The van der Waals surface area contributed by atoms with Crippen molar-refractivity contribution in [1.29, 1.82) is 5.26 Å². The minimum absolute atomic E-state index is 0.0141. The van der Waals surface area contributed by atoms with Crippen molar-refractivity contribution in [2.75, 3.05) is 19.7 Å². The molecule has 1 atom stereocenters. The number of ether oxygens (including phenoxy) is 1. The first-order chi connectivity index (χ1) is 12.7. The predicted molar refractivity (Wildman–Crippen MR) is 94.9 cm³/mol. The molecule has 1 unspecified atom stereocenters. The molecule has 0 radical (unpaired) electrons. The molecule has 3 aromatic rings. The highest BCUT2D eigenvalue weighted by atomic mass is 16.5. The molecule has 0 aromatic carbocycles. The number of aromatic nitrogens is 3. The van der Waals surface area contributed by atoms with Crippen molar-refractivity contribution < 1.29 is 9.53 Å². The molecule has 1 aliphatic rings. The van der Waals surface area contributed by atoms with E-state index in [9.17, 15) is 4.79 Å². The fraction of sp³-hybridized carbons (Fsp3) is 0.263. The van der Waals surface area contributed by atoms with Crippen LogP contribution >= 0.6 is 0 Å². The Hall–Kier alpha value is -3.24. The van der Waals surface area contributed by atoms with Crippen molar-refractivity contribution in [3.63, 3.8) is 0 Å². The summed E-state index contributed by atoms with van der Waals surface area (Å²) in [5.41, 5.74) is 2.23. The number of hydrogen-bond acceptors (Lipinski definition) is 5. The van der Waals surface area contributed by atoms with E-state index in [1.165, 1.54) is 0 Å². The van der Waals surface area contributed by atoms with Gasteiger partial charge in [0.05, 0.1) is 24.6 Å². The fourth-order valence-electron chi connectivity index (χ4n) is 3.20. The van der Waals surface area contributed by atoms with Crippen LogP contribution in [0.5, 0.6) is 0 Å². The largest absolute Gasteiger partial charge is 0.375 e. The van der Waals surface area contributed by atoms with Gasteiger partial charge < -0.3 is 9.64 Å². The van der Waals surface area contributed by atoms with Crippen molar-refractivity contribution in [3.05, 3.63) is 54.1 Å². The third-order valence-electron chi connectivity index (χ3n) is 4.43. The van der Waals surface area contributed by atoms with E-state index >= 15 is 0 Å². The minimum atomic E-state index is -0.0671. The molecule has 3 aromatic heterocycles. The Labute approximate surface area is 150 Å². The van der Waals surface area contributed by atoms with Crippen LogP contribution in [0.1, 0.15) is 23.1 Å². The predicted octanol–water partition coefficient (Wildman–Crippen LogP) is 2.15. The molecule has 0 bridgehead atoms. The highest BCUT2D eigenvalue weighted by molar-refractivity contribution is 5.99. The summed E-state index contributed by atoms with van der Waals surface area (Å²) in [6, 6.07) is 11.0. The number of nitriles is 1. The number of hydrogen-bond donors (Lipinski definition) is 0. The number of morpholine rings is 1. The molecular weight excluding hydrogens is 330 g/mol. The summed E-state index contributed by atoms with van der Waals surface area (Å²) in [4.78, 5) is 23.6. The zero-order chi connectivity index (χ0) is 18.1. The molecule has 4 heterocycles. The van der Waals surface area contributed by atoms with Crippen LogP contribution in [0, 0.1) is 11.3 Å². The summed E-state index contributed by atoms with van der Waals surface area (Å²) in [7, 11) is 0. The second-order valence-electron chi connectivity index (χ2n) is 6.23. The molecule has 7 heteroatoms. The second-order valence-corrected chi connectivity index (χ2v) is 6.23. The van der Waals surface area contributed by atoms with Gasteiger partial charge in [-0.05, 0) is 37.3 Å². The van der Waals surface area contributed by atoms with Crippen LogP contribution < -0.4 is 0 Å². The van der Waals surface area contributed by atoms with E-state index in [0.717, 1.165) is 5.39 Å². The number of nitrogens with zero attached hydrogens (tertiary/aromatic N) is 5. The van der Waals surface area contributed by atoms with Crippen LogP contribution in [-0.4, -0.2) is 51.1 Å². The Kier molecular flexibility index (Phi) is 4.11. The Bertz CT molecular complexity index is 1000. The lowest BCUT2D eigenvalue weighted by Crippen LogP contribution is -2.45. The number of rotatable bonds is 2. The Balaban J connectivity index is 1.83. The van der Waals surface area contributed by atoms with Gasteiger partial charge in [0.15, 0.2) is 0 Å². The molecule has 1 saturated heterocycles. The fourth-order valence-corrected chi connectivity index (χ4v) is 3.20. The van der Waals surface area contributed by atoms with E-state index in [4.69, 9.17) is 10.00 Å². The number of carbonyl (C=O) groups is 1. The van der Waals surface area contributed by atoms with E-state index in [2.05, 4.69) is 9.97 Å². The maximum atomic E-state index is 13.2. The smallest absolute Gasteiger partial charge is 0.271 e. The molecule has 1 aliphatic heterocycles. The summed E-state index contributed by atoms with van der Waals surface area (Å²) < 4.78 is 7.34. The van der Waals surface area contributed by atoms with Gasteiger partial charge in [-0.15, -0.1) is 0 Å². The summed E-state index contributed by atoms with van der Waals surface area (Å²) in [6.45, 7) is 3.61. The SMILES string of the molecule is CC1CN(C(=O)c2cc3cccnc3n2-c2ccc(C#N)nc2)CCO1. The lowest BCUT2D eigenvalue weighted by Gasteiger charge is -2.31. The van der Waals surface area contributed by atoms with E-state index in [-0.39, 0.29) is 12.0 Å². The lowest BCUT2D eigenvalue weighted by molar-refractivity contribution is -0.0127. The second kappa shape index (κ2) is 6.58. The first kappa shape index (κ1) is 16.2. The molecule has 4 rings (SSSR count). The van der Waals surface area contributed by atoms with Gasteiger partial charge in [-0.3, -0.25) is 9.36 Å². The summed E-state index contributed by atoms with van der Waals surface area (Å²) in [5.74, 6) is -0.0671. The van der Waals surface area contributed by atoms with Crippen LogP contribution in [0.15, 0.2) is 42.7 Å². The molecule has 0 aliphatic carbocycles. The van der Waals surface area contributed by atoms with Gasteiger partial charge in [0.2, 0.25) is 0 Å². The van der Waals surface area contributed by atoms with E-state index < -0.39 is 0 Å². The van der Waals surface area contributed by atoms with E-state index in [0.29, 0.717) is 42.4 Å². The maximum absolute atomic E-state index is 13.2. The molecular formula is C19H17N5O2. The minimum Gasteiger partial charge on any atom is -0.375 e. The van der Waals surface area contributed by atoms with Crippen LogP contribution in [0.25, 0.3) is 16.7 Å². The standard InChI is InChI=1S/C19H17N5O2/c1-13-12-23(7-8-26-13)19(25)17-9-14-3-2-6-21-18(14)24(17)16-5-4-15(10-20)22-11-16/h2-6,9,11,13H,7-8,12H2,1H3. The van der Waals surface area contributed by atoms with E-state index in [1.807, 2.05) is 31.2 Å². The Morgan fingerprint density at radius 1 is 1.35 bits per heavy atom. The molecule has 130 valence electrons. The molecule has 7 nitrogen and oxygen atoms in total. The normalized spacial score (nSPS) is 17.2. The molecule has 0 N–H and O–H groups in total. The summed E-state index contributed by atoms with van der Waals surface area (Å²) in [6.07, 6.45) is 3.30. The van der Waals surface area contributed by atoms with E-state index in [1.54, 1.807) is 34.0 Å². The number of pyridine rings is 2. The van der Waals surface area contributed by atoms with Crippen molar-refractivity contribution in [2.24, 2.45) is 0 Å². The monoisotopic (exact) mass is 347 g/mol. The van der Waals surface area contributed by atoms with Crippen molar-refractivity contribution in [1.82, 2.24) is 19.4 Å². The molecule has 0 saturated carbocycles. The summed E-state index contributed by atoms with van der Waals surface area (Å²) in [5, 5.41) is 9.84. The van der Waals surface area contributed by atoms with Gasteiger partial charge in [-0.2, -0.15) is 5.26 Å². The van der Waals surface area contributed by atoms with Crippen LogP contribution in [0.2, 0.25) is 0 Å². The molecule has 26 heavy (non-hydrogen) atoms. The van der Waals surface area contributed by atoms with Gasteiger partial charge in [0.1, 0.15) is 23.1 Å². The first-order valence-electron chi connectivity index (χ1n) is 8.41. The van der Waals surface area contributed by atoms with Gasteiger partial charge >= 0.3 is 0 Å². The van der Waals surface area contributed by atoms with Crippen LogP contribution in [-0.2, 0) is 4.74 Å². The van der Waals surface area contributed by atoms with Gasteiger partial charge in [-0.25, -0.2) is 9.97 Å². The van der Waals surface area contributed by atoms with Gasteiger partial charge in [0, 0.05) is 24.7 Å². The van der Waals surface area contributed by atoms with Crippen molar-refractivity contribution in [3.8, 4) is 11.8 Å². The maximum Gasteiger partial charge on any atom is 0.271 e. The molecule has 0 spiro atoms. The Morgan fingerprint density at radius 3 is 2.96 bits per heavy atom. The van der Waals surface area contributed by atoms with Crippen molar-refractivity contribution in [2.45, 2.75) is 13.0 Å². The highest BCUT2D eigenvalue weighted by Crippen LogP contribution is 2.24.